The zero-order chi connectivity index (χ0) is 43.4. The van der Waals surface area contributed by atoms with Crippen molar-refractivity contribution in [1.29, 1.82) is 0 Å². The van der Waals surface area contributed by atoms with Crippen molar-refractivity contribution in [1.82, 2.24) is 5.01 Å². The van der Waals surface area contributed by atoms with Gasteiger partial charge in [-0.15, -0.1) is 0 Å². The van der Waals surface area contributed by atoms with Crippen LogP contribution in [0.1, 0.15) is 41.0 Å². The molecule has 314 valence electrons. The first-order chi connectivity index (χ1) is 30.0. The fraction of sp³-hybridized carbons (Fsp3) is 0.224. The number of carbonyl (C=O) groups excluding carboxylic acids is 4. The zero-order valence-electron chi connectivity index (χ0n) is 33.9. The standard InChI is InChI=1S/C49H41Cl2N3O8/c1-60-34-17-10-30(11-18-34)49-39(46(57)54(48(49)59)52-41-22-12-31(50)25-40(41)51)26-38-36(44(49)28-8-15-33(55)16-9-28)20-21-37-43(38)47(58)53(45(37)56)32-13-5-27(6-14-32)4-7-29-24-35(61-2)19-23-42(29)62-3/h4-20,22-25,37-39,43-44,52,55H,21,26H2,1-3H3/t37-,38+,39-,43-,44-,49+/m0/s1. The number of rotatable bonds is 10. The largest absolute Gasteiger partial charge is 0.508 e. The summed E-state index contributed by atoms with van der Waals surface area (Å²) in [6.45, 7) is 0. The summed E-state index contributed by atoms with van der Waals surface area (Å²) in [6.07, 6.45) is 6.16. The van der Waals surface area contributed by atoms with Gasteiger partial charge in [0.15, 0.2) is 0 Å². The molecule has 5 aromatic carbocycles. The van der Waals surface area contributed by atoms with Gasteiger partial charge in [0.1, 0.15) is 23.0 Å². The highest BCUT2D eigenvalue weighted by Gasteiger charge is 2.70. The van der Waals surface area contributed by atoms with Crippen LogP contribution in [-0.4, -0.2) is 55.1 Å². The normalized spacial score (nSPS) is 24.1. The number of phenols is 1. The van der Waals surface area contributed by atoms with E-state index in [1.807, 2.05) is 48.6 Å². The molecule has 0 radical (unpaired) electrons. The third kappa shape index (κ3) is 6.58. The molecule has 0 aromatic heterocycles. The van der Waals surface area contributed by atoms with E-state index >= 15 is 9.59 Å². The highest BCUT2D eigenvalue weighted by Crippen LogP contribution is 2.64. The summed E-state index contributed by atoms with van der Waals surface area (Å²) >= 11 is 12.8. The SMILES string of the molecule is COc1ccc([C@@]23C(=O)N(Nc4ccc(Cl)cc4Cl)C(=O)[C@@H]2C[C@@H]2C(=CC[C@@H]4C(=O)N(c5ccc(C=Cc6cc(OC)ccc6OC)cc5)C(=O)[C@@H]42)[C@@H]3c2ccc(O)cc2)cc1. The first kappa shape index (κ1) is 40.8. The molecule has 1 saturated carbocycles. The second-order valence-corrected chi connectivity index (χ2v) is 16.7. The molecule has 4 amide bonds. The van der Waals surface area contributed by atoms with Crippen molar-refractivity contribution < 1.29 is 38.5 Å². The monoisotopic (exact) mass is 869 g/mol. The summed E-state index contributed by atoms with van der Waals surface area (Å²) in [5.74, 6) is -3.59. The molecule has 2 heterocycles. The molecule has 3 fully saturated rings. The number of halogens is 2. The summed E-state index contributed by atoms with van der Waals surface area (Å²) in [5, 5.41) is 12.0. The average Bonchev–Trinajstić information content (AvgIpc) is 3.67. The van der Waals surface area contributed by atoms with Crippen molar-refractivity contribution >= 4 is 70.4 Å². The van der Waals surface area contributed by atoms with E-state index in [9.17, 15) is 14.7 Å². The lowest BCUT2D eigenvalue weighted by Gasteiger charge is -2.50. The number of phenolic OH excluding ortho intramolecular Hbond substituents is 1. The number of aromatic hydroxyl groups is 1. The number of amides is 4. The number of imide groups is 2. The lowest BCUT2D eigenvalue weighted by molar-refractivity contribution is -0.138. The van der Waals surface area contributed by atoms with Gasteiger partial charge in [-0.3, -0.25) is 29.5 Å². The highest BCUT2D eigenvalue weighted by molar-refractivity contribution is 6.36. The molecule has 4 aliphatic rings. The number of nitrogens with zero attached hydrogens (tertiary/aromatic N) is 2. The summed E-state index contributed by atoms with van der Waals surface area (Å²) in [5.41, 5.74) is 5.89. The molecular formula is C49H41Cl2N3O8. The molecule has 5 aromatic rings. The van der Waals surface area contributed by atoms with Crippen molar-refractivity contribution in [3.05, 3.63) is 153 Å². The summed E-state index contributed by atoms with van der Waals surface area (Å²) in [4.78, 5) is 61.0. The van der Waals surface area contributed by atoms with Gasteiger partial charge in [0, 0.05) is 16.5 Å². The van der Waals surface area contributed by atoms with Crippen molar-refractivity contribution in [3.63, 3.8) is 0 Å². The molecule has 0 unspecified atom stereocenters. The molecule has 62 heavy (non-hydrogen) atoms. The van der Waals surface area contributed by atoms with Gasteiger partial charge >= 0.3 is 0 Å². The van der Waals surface area contributed by atoms with Crippen molar-refractivity contribution in [2.75, 3.05) is 31.7 Å². The molecule has 13 heteroatoms. The highest BCUT2D eigenvalue weighted by atomic mass is 35.5. The van der Waals surface area contributed by atoms with Crippen LogP contribution in [-0.2, 0) is 24.6 Å². The maximum absolute atomic E-state index is 15.5. The molecule has 6 atom stereocenters. The van der Waals surface area contributed by atoms with Crippen molar-refractivity contribution in [3.8, 4) is 23.0 Å². The molecule has 2 N–H and O–H groups in total. The topological polar surface area (TPSA) is 135 Å². The summed E-state index contributed by atoms with van der Waals surface area (Å²) in [7, 11) is 4.75. The lowest BCUT2D eigenvalue weighted by Crippen LogP contribution is -2.53. The Bertz CT molecular complexity index is 2680. The third-order valence-corrected chi connectivity index (χ3v) is 13.4. The Morgan fingerprint density at radius 2 is 1.45 bits per heavy atom. The van der Waals surface area contributed by atoms with Gasteiger partial charge < -0.3 is 19.3 Å². The van der Waals surface area contributed by atoms with Crippen molar-refractivity contribution in [2.45, 2.75) is 24.2 Å². The van der Waals surface area contributed by atoms with Gasteiger partial charge in [0.2, 0.25) is 11.8 Å². The van der Waals surface area contributed by atoms with Gasteiger partial charge in [-0.25, -0.2) is 0 Å². The number of carbonyl (C=O) groups is 4. The Labute approximate surface area is 368 Å². The van der Waals surface area contributed by atoms with Crippen LogP contribution in [0.5, 0.6) is 23.0 Å². The number of anilines is 2. The predicted molar refractivity (Wildman–Crippen MR) is 236 cm³/mol. The van der Waals surface area contributed by atoms with Crippen molar-refractivity contribution in [2.24, 2.45) is 23.7 Å². The van der Waals surface area contributed by atoms with Crippen LogP contribution in [0.3, 0.4) is 0 Å². The van der Waals surface area contributed by atoms with Crippen LogP contribution in [0.15, 0.2) is 121 Å². The van der Waals surface area contributed by atoms with E-state index in [-0.39, 0.29) is 35.4 Å². The minimum Gasteiger partial charge on any atom is -0.508 e. The molecule has 2 saturated heterocycles. The molecule has 0 spiro atoms. The van der Waals surface area contributed by atoms with Crippen LogP contribution in [0.2, 0.25) is 10.0 Å². The number of fused-ring (bicyclic) bond motifs is 4. The fourth-order valence-corrected chi connectivity index (χ4v) is 10.5. The van der Waals surface area contributed by atoms with Crippen LogP contribution in [0.4, 0.5) is 11.4 Å². The second-order valence-electron chi connectivity index (χ2n) is 15.8. The average molecular weight is 871 g/mol. The molecule has 11 nitrogen and oxygen atoms in total. The number of hydrazine groups is 1. The van der Waals surface area contributed by atoms with E-state index < -0.39 is 46.8 Å². The first-order valence-corrected chi connectivity index (χ1v) is 20.9. The number of hydrogen-bond acceptors (Lipinski definition) is 9. The molecule has 0 bridgehead atoms. The second kappa shape index (κ2) is 16.0. The number of hydrogen-bond donors (Lipinski definition) is 2. The number of nitrogens with one attached hydrogen (secondary N) is 1. The fourth-order valence-electron chi connectivity index (χ4n) is 10.0. The zero-order valence-corrected chi connectivity index (χ0v) is 35.4. The number of methoxy groups -OCH3 is 3. The number of allylic oxidation sites excluding steroid dienone is 2. The Balaban J connectivity index is 1.11. The van der Waals surface area contributed by atoms with E-state index in [4.69, 9.17) is 37.4 Å². The quantitative estimate of drug-likeness (QED) is 0.0801. The predicted octanol–water partition coefficient (Wildman–Crippen LogP) is 9.08. The van der Waals surface area contributed by atoms with Gasteiger partial charge in [-0.1, -0.05) is 83.4 Å². The third-order valence-electron chi connectivity index (χ3n) is 12.9. The van der Waals surface area contributed by atoms with Gasteiger partial charge in [0.25, 0.3) is 11.8 Å². The lowest BCUT2D eigenvalue weighted by atomic mass is 9.49. The van der Waals surface area contributed by atoms with Gasteiger partial charge in [-0.05, 0) is 108 Å². The Morgan fingerprint density at radius 1 is 0.742 bits per heavy atom. The smallest absolute Gasteiger partial charge is 0.260 e. The van der Waals surface area contributed by atoms with E-state index in [1.54, 1.807) is 94.1 Å². The first-order valence-electron chi connectivity index (χ1n) is 20.1. The Morgan fingerprint density at radius 3 is 2.13 bits per heavy atom. The summed E-state index contributed by atoms with van der Waals surface area (Å²) < 4.78 is 16.4. The minimum absolute atomic E-state index is 0.0251. The van der Waals surface area contributed by atoms with Gasteiger partial charge in [0.05, 0.1) is 60.9 Å². The van der Waals surface area contributed by atoms with Crippen LogP contribution >= 0.6 is 23.2 Å². The van der Waals surface area contributed by atoms with Crippen LogP contribution in [0.25, 0.3) is 12.2 Å². The van der Waals surface area contributed by atoms with Crippen LogP contribution < -0.4 is 24.5 Å². The number of ether oxygens (including phenoxy) is 3. The molecular weight excluding hydrogens is 829 g/mol. The van der Waals surface area contributed by atoms with E-state index in [0.29, 0.717) is 44.8 Å². The molecule has 2 aliphatic heterocycles. The number of benzene rings is 5. The molecule has 9 rings (SSSR count). The maximum atomic E-state index is 15.5. The Hall–Kier alpha value is -6.56. The summed E-state index contributed by atoms with van der Waals surface area (Å²) in [6, 6.07) is 31.1. The molecule has 2 aliphatic carbocycles. The van der Waals surface area contributed by atoms with E-state index in [2.05, 4.69) is 5.43 Å². The van der Waals surface area contributed by atoms with E-state index in [0.717, 1.165) is 21.7 Å². The van der Waals surface area contributed by atoms with Gasteiger partial charge in [-0.2, -0.15) is 5.01 Å². The maximum Gasteiger partial charge on any atom is 0.260 e. The van der Waals surface area contributed by atoms with Crippen LogP contribution in [0, 0.1) is 23.7 Å². The van der Waals surface area contributed by atoms with E-state index in [1.165, 1.54) is 11.0 Å². The minimum atomic E-state index is -1.52. The Kier molecular flexibility index (Phi) is 10.6.